The number of rotatable bonds is 5. The zero-order chi connectivity index (χ0) is 10.4. The average Bonchev–Trinajstić information content (AvgIpc) is 2.18. The zero-order valence-electron chi connectivity index (χ0n) is 8.06. The summed E-state index contributed by atoms with van der Waals surface area (Å²) in [4.78, 5) is 10.5. The molecule has 0 saturated carbocycles. The Bertz CT molecular complexity index is 285. The molecule has 0 heterocycles. The Balaban J connectivity index is 2.60. The van der Waals surface area contributed by atoms with Gasteiger partial charge in [0.25, 0.3) is 0 Å². The Morgan fingerprint density at radius 2 is 2.00 bits per heavy atom. The first kappa shape index (κ1) is 10.7. The predicted molar refractivity (Wildman–Crippen MR) is 55.5 cm³/mol. The Morgan fingerprint density at radius 3 is 2.50 bits per heavy atom. The second kappa shape index (κ2) is 5.37. The zero-order valence-corrected chi connectivity index (χ0v) is 8.06. The molecule has 3 heteroatoms. The van der Waals surface area contributed by atoms with E-state index in [1.54, 1.807) is 0 Å². The first-order chi connectivity index (χ1) is 6.74. The third kappa shape index (κ3) is 3.17. The summed E-state index contributed by atoms with van der Waals surface area (Å²) in [5.74, 6) is 0. The highest BCUT2D eigenvalue weighted by molar-refractivity contribution is 5.15. The van der Waals surface area contributed by atoms with Crippen molar-refractivity contribution >= 4 is 0 Å². The van der Waals surface area contributed by atoms with Crippen LogP contribution in [0.5, 0.6) is 0 Å². The Morgan fingerprint density at radius 1 is 1.36 bits per heavy atom. The summed E-state index contributed by atoms with van der Waals surface area (Å²) in [5.41, 5.74) is 1.02. The molecule has 75 valence electrons. The molecule has 0 amide bonds. The number of benzene rings is 1. The smallest absolute Gasteiger partial charge is 0.217 e. The van der Waals surface area contributed by atoms with Crippen LogP contribution in [-0.4, -0.2) is 11.0 Å². The van der Waals surface area contributed by atoms with E-state index in [2.05, 4.69) is 6.92 Å². The van der Waals surface area contributed by atoms with E-state index in [0.717, 1.165) is 5.56 Å². The lowest BCUT2D eigenvalue weighted by Crippen LogP contribution is -2.21. The van der Waals surface area contributed by atoms with Crippen LogP contribution in [0.2, 0.25) is 0 Å². The van der Waals surface area contributed by atoms with Crippen molar-refractivity contribution in [2.24, 2.45) is 0 Å². The molecule has 1 atom stereocenters. The molecule has 0 spiro atoms. The van der Waals surface area contributed by atoms with E-state index >= 15 is 0 Å². The van der Waals surface area contributed by atoms with E-state index in [-0.39, 0.29) is 4.92 Å². The first-order valence-corrected chi connectivity index (χ1v) is 4.70. The van der Waals surface area contributed by atoms with Gasteiger partial charge in [0.05, 0.1) is 0 Å². The van der Waals surface area contributed by atoms with E-state index in [4.69, 9.17) is 0 Å². The number of hydrogen-bond acceptors (Lipinski definition) is 2. The van der Waals surface area contributed by atoms with Gasteiger partial charge in [-0.1, -0.05) is 37.3 Å². The van der Waals surface area contributed by atoms with Crippen molar-refractivity contribution in [3.8, 4) is 0 Å². The molecule has 0 aliphatic rings. The van der Waals surface area contributed by atoms with Gasteiger partial charge in [0, 0.05) is 17.8 Å². The highest BCUT2D eigenvalue weighted by atomic mass is 16.6. The second-order valence-corrected chi connectivity index (χ2v) is 3.27. The summed E-state index contributed by atoms with van der Waals surface area (Å²) >= 11 is 0. The van der Waals surface area contributed by atoms with Gasteiger partial charge in [-0.3, -0.25) is 10.1 Å². The van der Waals surface area contributed by atoms with Gasteiger partial charge in [-0.2, -0.15) is 0 Å². The minimum absolute atomic E-state index is 0.210. The maximum Gasteiger partial charge on any atom is 0.217 e. The third-order valence-electron chi connectivity index (χ3n) is 2.15. The normalized spacial score (nSPS) is 12.4. The Hall–Kier alpha value is -1.38. The standard InChI is InChI=1S/C11H14NO2/c1-2-6-11(12(13)14)9-10-7-4-3-5-8-10/h3-5,7-8,11H,1-2,6,9H2. The van der Waals surface area contributed by atoms with Crippen molar-refractivity contribution in [3.05, 3.63) is 52.9 Å². The lowest BCUT2D eigenvalue weighted by molar-refractivity contribution is -0.522. The lowest BCUT2D eigenvalue weighted by Gasteiger charge is -2.07. The van der Waals surface area contributed by atoms with Crippen molar-refractivity contribution in [1.82, 2.24) is 0 Å². The van der Waals surface area contributed by atoms with Gasteiger partial charge in [0.1, 0.15) is 0 Å². The molecule has 0 aliphatic carbocycles. The van der Waals surface area contributed by atoms with E-state index in [0.29, 0.717) is 19.3 Å². The van der Waals surface area contributed by atoms with Crippen LogP contribution in [0, 0.1) is 17.0 Å². The molecule has 0 bridgehead atoms. The minimum atomic E-state index is -0.491. The molecule has 1 aromatic rings. The maximum atomic E-state index is 10.7. The lowest BCUT2D eigenvalue weighted by atomic mass is 10.0. The fourth-order valence-electron chi connectivity index (χ4n) is 1.40. The maximum absolute atomic E-state index is 10.7. The topological polar surface area (TPSA) is 43.1 Å². The van der Waals surface area contributed by atoms with Gasteiger partial charge in [-0.25, -0.2) is 0 Å². The summed E-state index contributed by atoms with van der Waals surface area (Å²) in [6, 6.07) is 9.05. The van der Waals surface area contributed by atoms with Crippen LogP contribution in [0.25, 0.3) is 0 Å². The summed E-state index contributed by atoms with van der Waals surface area (Å²) < 4.78 is 0. The Labute approximate surface area is 83.9 Å². The van der Waals surface area contributed by atoms with Crippen molar-refractivity contribution in [1.29, 1.82) is 0 Å². The van der Waals surface area contributed by atoms with E-state index in [9.17, 15) is 10.1 Å². The molecule has 0 fully saturated rings. The van der Waals surface area contributed by atoms with E-state index < -0.39 is 6.04 Å². The quantitative estimate of drug-likeness (QED) is 0.531. The molecule has 1 radical (unpaired) electrons. The fraction of sp³-hybridized carbons (Fsp3) is 0.364. The van der Waals surface area contributed by atoms with Gasteiger partial charge >= 0.3 is 0 Å². The molecule has 0 saturated heterocycles. The van der Waals surface area contributed by atoms with Gasteiger partial charge in [0.2, 0.25) is 6.04 Å². The van der Waals surface area contributed by atoms with Gasteiger partial charge in [-0.05, 0) is 12.0 Å². The highest BCUT2D eigenvalue weighted by Gasteiger charge is 2.18. The van der Waals surface area contributed by atoms with E-state index in [1.807, 2.05) is 30.3 Å². The predicted octanol–water partition coefficient (Wildman–Crippen LogP) is 2.49. The van der Waals surface area contributed by atoms with Crippen LogP contribution < -0.4 is 0 Å². The molecule has 0 aromatic heterocycles. The second-order valence-electron chi connectivity index (χ2n) is 3.27. The number of nitrogens with zero attached hydrogens (tertiary/aromatic N) is 1. The number of nitro groups is 1. The summed E-state index contributed by atoms with van der Waals surface area (Å²) in [7, 11) is 0. The monoisotopic (exact) mass is 192 g/mol. The van der Waals surface area contributed by atoms with Crippen molar-refractivity contribution < 1.29 is 4.92 Å². The summed E-state index contributed by atoms with van der Waals surface area (Å²) in [6.07, 6.45) is 1.66. The molecule has 0 aliphatic heterocycles. The molecule has 3 nitrogen and oxygen atoms in total. The molecule has 1 unspecified atom stereocenters. The van der Waals surface area contributed by atoms with Gasteiger partial charge in [-0.15, -0.1) is 0 Å². The molecular weight excluding hydrogens is 178 g/mol. The van der Waals surface area contributed by atoms with Crippen molar-refractivity contribution in [2.75, 3.05) is 0 Å². The summed E-state index contributed by atoms with van der Waals surface area (Å²) in [5, 5.41) is 10.7. The van der Waals surface area contributed by atoms with Gasteiger partial charge < -0.3 is 0 Å². The largest absolute Gasteiger partial charge is 0.264 e. The molecule has 14 heavy (non-hydrogen) atoms. The van der Waals surface area contributed by atoms with E-state index in [1.165, 1.54) is 0 Å². The van der Waals surface area contributed by atoms with Crippen LogP contribution in [0.3, 0.4) is 0 Å². The van der Waals surface area contributed by atoms with Crippen molar-refractivity contribution in [3.63, 3.8) is 0 Å². The highest BCUT2D eigenvalue weighted by Crippen LogP contribution is 2.09. The third-order valence-corrected chi connectivity index (χ3v) is 2.15. The summed E-state index contributed by atoms with van der Waals surface area (Å²) in [6.45, 7) is 3.65. The SMILES string of the molecule is [CH2]CCC(Cc1ccccc1)[N+](=O)[O-]. The van der Waals surface area contributed by atoms with Crippen LogP contribution in [-0.2, 0) is 6.42 Å². The van der Waals surface area contributed by atoms with Crippen LogP contribution in [0.15, 0.2) is 30.3 Å². The molecular formula is C11H14NO2. The molecule has 1 rings (SSSR count). The number of hydrogen-bond donors (Lipinski definition) is 0. The fourth-order valence-corrected chi connectivity index (χ4v) is 1.40. The molecule has 0 N–H and O–H groups in total. The first-order valence-electron chi connectivity index (χ1n) is 4.70. The molecule has 1 aromatic carbocycles. The Kier molecular flexibility index (Phi) is 4.11. The minimum Gasteiger partial charge on any atom is -0.264 e. The van der Waals surface area contributed by atoms with Crippen LogP contribution in [0.1, 0.15) is 18.4 Å². The van der Waals surface area contributed by atoms with Crippen LogP contribution >= 0.6 is 0 Å². The van der Waals surface area contributed by atoms with Gasteiger partial charge in [0.15, 0.2) is 0 Å². The average molecular weight is 192 g/mol. The van der Waals surface area contributed by atoms with Crippen LogP contribution in [0.4, 0.5) is 0 Å². The van der Waals surface area contributed by atoms with Crippen molar-refractivity contribution in [2.45, 2.75) is 25.3 Å².